The predicted molar refractivity (Wildman–Crippen MR) is 83.4 cm³/mol. The summed E-state index contributed by atoms with van der Waals surface area (Å²) in [5.74, 6) is 0.557. The third-order valence-electron chi connectivity index (χ3n) is 3.25. The van der Waals surface area contributed by atoms with Crippen LogP contribution in [0.15, 0.2) is 60.7 Å². The second-order valence-electron chi connectivity index (χ2n) is 4.73. The summed E-state index contributed by atoms with van der Waals surface area (Å²) in [5, 5.41) is 2.20. The van der Waals surface area contributed by atoms with Gasteiger partial charge in [0.15, 0.2) is 5.75 Å². The summed E-state index contributed by atoms with van der Waals surface area (Å²) < 4.78 is 5.78. The number of benzene rings is 3. The molecule has 0 spiro atoms. The van der Waals surface area contributed by atoms with Gasteiger partial charge in [-0.3, -0.25) is 4.79 Å². The molecule has 3 aromatic rings. The lowest BCUT2D eigenvalue weighted by Crippen LogP contribution is -2.11. The number of nitrogens with two attached hydrogens (primary N) is 2. The Morgan fingerprint density at radius 1 is 0.905 bits per heavy atom. The standard InChI is InChI=1S/C17H14N2O2/c18-15-8-6-13(17(19)20)10-16(15)21-14-7-5-11-3-1-2-4-12(11)9-14/h1-10H,18H2,(H2,19,20). The van der Waals surface area contributed by atoms with Crippen molar-refractivity contribution in [3.63, 3.8) is 0 Å². The van der Waals surface area contributed by atoms with E-state index in [4.69, 9.17) is 16.2 Å². The molecule has 0 bridgehead atoms. The van der Waals surface area contributed by atoms with Crippen LogP contribution in [-0.2, 0) is 0 Å². The fraction of sp³-hybridized carbons (Fsp3) is 0. The van der Waals surface area contributed by atoms with Crippen molar-refractivity contribution in [2.24, 2.45) is 5.73 Å². The van der Waals surface area contributed by atoms with Gasteiger partial charge in [-0.1, -0.05) is 30.3 Å². The van der Waals surface area contributed by atoms with Crippen LogP contribution < -0.4 is 16.2 Å². The fourth-order valence-electron chi connectivity index (χ4n) is 2.13. The number of fused-ring (bicyclic) bond motifs is 1. The molecule has 4 N–H and O–H groups in total. The summed E-state index contributed by atoms with van der Waals surface area (Å²) in [7, 11) is 0. The van der Waals surface area contributed by atoms with E-state index >= 15 is 0 Å². The van der Waals surface area contributed by atoms with E-state index in [1.807, 2.05) is 42.5 Å². The Labute approximate surface area is 121 Å². The van der Waals surface area contributed by atoms with Gasteiger partial charge in [0.1, 0.15) is 5.75 Å². The molecule has 3 aromatic carbocycles. The van der Waals surface area contributed by atoms with Crippen LogP contribution in [0.3, 0.4) is 0 Å². The Kier molecular flexibility index (Phi) is 3.20. The van der Waals surface area contributed by atoms with Crippen molar-refractivity contribution < 1.29 is 9.53 Å². The quantitative estimate of drug-likeness (QED) is 0.721. The minimum Gasteiger partial charge on any atom is -0.455 e. The van der Waals surface area contributed by atoms with Gasteiger partial charge in [-0.2, -0.15) is 0 Å². The summed E-state index contributed by atoms with van der Waals surface area (Å²) in [4.78, 5) is 11.2. The maximum absolute atomic E-state index is 11.2. The monoisotopic (exact) mass is 278 g/mol. The van der Waals surface area contributed by atoms with Crippen LogP contribution >= 0.6 is 0 Å². The molecule has 104 valence electrons. The molecule has 0 aliphatic heterocycles. The number of hydrogen-bond acceptors (Lipinski definition) is 3. The first-order chi connectivity index (χ1) is 10.1. The molecule has 0 heterocycles. The second kappa shape index (κ2) is 5.17. The van der Waals surface area contributed by atoms with Gasteiger partial charge in [0.05, 0.1) is 5.69 Å². The zero-order valence-corrected chi connectivity index (χ0v) is 11.2. The number of amides is 1. The van der Waals surface area contributed by atoms with E-state index in [1.165, 1.54) is 0 Å². The third kappa shape index (κ3) is 2.65. The van der Waals surface area contributed by atoms with Crippen LogP contribution in [0.1, 0.15) is 10.4 Å². The summed E-state index contributed by atoms with van der Waals surface area (Å²) in [6.45, 7) is 0. The smallest absolute Gasteiger partial charge is 0.248 e. The predicted octanol–water partition coefficient (Wildman–Crippen LogP) is 3.31. The second-order valence-corrected chi connectivity index (χ2v) is 4.73. The summed E-state index contributed by atoms with van der Waals surface area (Å²) in [6, 6.07) is 18.5. The molecular weight excluding hydrogens is 264 g/mol. The zero-order chi connectivity index (χ0) is 14.8. The van der Waals surface area contributed by atoms with Crippen LogP contribution in [-0.4, -0.2) is 5.91 Å². The Balaban J connectivity index is 1.98. The zero-order valence-electron chi connectivity index (χ0n) is 11.2. The first kappa shape index (κ1) is 13.0. The van der Waals surface area contributed by atoms with Crippen LogP contribution in [0.5, 0.6) is 11.5 Å². The molecular formula is C17H14N2O2. The molecule has 0 atom stereocenters. The molecule has 0 aliphatic rings. The Hall–Kier alpha value is -3.01. The van der Waals surface area contributed by atoms with E-state index < -0.39 is 5.91 Å². The first-order valence-electron chi connectivity index (χ1n) is 6.49. The molecule has 1 amide bonds. The normalized spacial score (nSPS) is 10.5. The Morgan fingerprint density at radius 3 is 2.43 bits per heavy atom. The summed E-state index contributed by atoms with van der Waals surface area (Å²) in [6.07, 6.45) is 0. The van der Waals surface area contributed by atoms with Crippen LogP contribution in [0.2, 0.25) is 0 Å². The van der Waals surface area contributed by atoms with E-state index in [1.54, 1.807) is 18.2 Å². The SMILES string of the molecule is NC(=O)c1ccc(N)c(Oc2ccc3ccccc3c2)c1. The number of carbonyl (C=O) groups excluding carboxylic acids is 1. The third-order valence-corrected chi connectivity index (χ3v) is 3.25. The highest BCUT2D eigenvalue weighted by Crippen LogP contribution is 2.30. The molecule has 0 unspecified atom stereocenters. The van der Waals surface area contributed by atoms with E-state index in [9.17, 15) is 4.79 Å². The molecule has 0 saturated heterocycles. The van der Waals surface area contributed by atoms with Crippen molar-refractivity contribution in [1.82, 2.24) is 0 Å². The molecule has 0 aliphatic carbocycles. The Bertz CT molecular complexity index is 828. The van der Waals surface area contributed by atoms with E-state index in [-0.39, 0.29) is 0 Å². The lowest BCUT2D eigenvalue weighted by atomic mass is 10.1. The van der Waals surface area contributed by atoms with Crippen molar-refractivity contribution in [1.29, 1.82) is 0 Å². The lowest BCUT2D eigenvalue weighted by Gasteiger charge is -2.10. The van der Waals surface area contributed by atoms with Crippen LogP contribution in [0, 0.1) is 0 Å². The number of ether oxygens (including phenoxy) is 1. The number of primary amides is 1. The van der Waals surface area contributed by atoms with Crippen molar-refractivity contribution >= 4 is 22.4 Å². The maximum atomic E-state index is 11.2. The molecule has 0 radical (unpaired) electrons. The van der Waals surface area contributed by atoms with Crippen LogP contribution in [0.25, 0.3) is 10.8 Å². The summed E-state index contributed by atoms with van der Waals surface area (Å²) in [5.41, 5.74) is 12.0. The van der Waals surface area contributed by atoms with Crippen molar-refractivity contribution in [3.05, 3.63) is 66.2 Å². The molecule has 0 saturated carbocycles. The molecule has 21 heavy (non-hydrogen) atoms. The average molecular weight is 278 g/mol. The van der Waals surface area contributed by atoms with Crippen molar-refractivity contribution in [2.75, 3.05) is 5.73 Å². The van der Waals surface area contributed by atoms with E-state index in [0.717, 1.165) is 10.8 Å². The van der Waals surface area contributed by atoms with Crippen molar-refractivity contribution in [2.45, 2.75) is 0 Å². The first-order valence-corrected chi connectivity index (χ1v) is 6.49. The summed E-state index contributed by atoms with van der Waals surface area (Å²) >= 11 is 0. The maximum Gasteiger partial charge on any atom is 0.248 e. The fourth-order valence-corrected chi connectivity index (χ4v) is 2.13. The highest BCUT2D eigenvalue weighted by Gasteiger charge is 2.07. The van der Waals surface area contributed by atoms with E-state index in [2.05, 4.69) is 0 Å². The van der Waals surface area contributed by atoms with E-state index in [0.29, 0.717) is 22.7 Å². The molecule has 3 rings (SSSR count). The molecule has 4 nitrogen and oxygen atoms in total. The highest BCUT2D eigenvalue weighted by molar-refractivity contribution is 5.94. The number of hydrogen-bond donors (Lipinski definition) is 2. The lowest BCUT2D eigenvalue weighted by molar-refractivity contribution is 0.1000. The molecule has 0 aromatic heterocycles. The van der Waals surface area contributed by atoms with Gasteiger partial charge in [0, 0.05) is 5.56 Å². The van der Waals surface area contributed by atoms with Gasteiger partial charge >= 0.3 is 0 Å². The number of anilines is 1. The van der Waals surface area contributed by atoms with Gasteiger partial charge in [-0.05, 0) is 41.1 Å². The largest absolute Gasteiger partial charge is 0.455 e. The number of carbonyl (C=O) groups is 1. The van der Waals surface area contributed by atoms with Crippen molar-refractivity contribution in [3.8, 4) is 11.5 Å². The Morgan fingerprint density at radius 2 is 1.67 bits per heavy atom. The van der Waals surface area contributed by atoms with Gasteiger partial charge < -0.3 is 16.2 Å². The highest BCUT2D eigenvalue weighted by atomic mass is 16.5. The van der Waals surface area contributed by atoms with Gasteiger partial charge in [0.25, 0.3) is 0 Å². The minimum absolute atomic E-state index is 0.361. The molecule has 0 fully saturated rings. The van der Waals surface area contributed by atoms with Gasteiger partial charge in [-0.25, -0.2) is 0 Å². The topological polar surface area (TPSA) is 78.3 Å². The average Bonchev–Trinajstić information content (AvgIpc) is 2.49. The number of rotatable bonds is 3. The van der Waals surface area contributed by atoms with Crippen LogP contribution in [0.4, 0.5) is 5.69 Å². The number of nitrogen functional groups attached to an aromatic ring is 1. The molecule has 4 heteroatoms. The van der Waals surface area contributed by atoms with Gasteiger partial charge in [0.2, 0.25) is 5.91 Å². The van der Waals surface area contributed by atoms with Gasteiger partial charge in [-0.15, -0.1) is 0 Å². The minimum atomic E-state index is -0.515.